The molecule has 1 aliphatic heterocycles. The van der Waals surface area contributed by atoms with E-state index in [4.69, 9.17) is 17.0 Å². The second-order valence-electron chi connectivity index (χ2n) is 8.53. The SMILES string of the molecule is O=C(CCCNC(=S)NCc1ccc(F)cc1)N/C=C\CCOc1csc(CN2CCCCC2)c1. The van der Waals surface area contributed by atoms with Crippen molar-refractivity contribution < 1.29 is 13.9 Å². The number of carbonyl (C=O) groups excluding carboxylic acids is 1. The van der Waals surface area contributed by atoms with Crippen LogP contribution < -0.4 is 20.7 Å². The quantitative estimate of drug-likeness (QED) is 0.264. The Morgan fingerprint density at radius 2 is 1.97 bits per heavy atom. The summed E-state index contributed by atoms with van der Waals surface area (Å²) in [4.78, 5) is 15.8. The highest BCUT2D eigenvalue weighted by Gasteiger charge is 2.11. The van der Waals surface area contributed by atoms with Crippen LogP contribution >= 0.6 is 23.6 Å². The predicted molar refractivity (Wildman–Crippen MR) is 144 cm³/mol. The van der Waals surface area contributed by atoms with E-state index in [1.807, 2.05) is 6.08 Å². The zero-order valence-corrected chi connectivity index (χ0v) is 21.7. The van der Waals surface area contributed by atoms with Gasteiger partial charge in [0, 0.05) is 42.7 Å². The number of benzene rings is 1. The minimum Gasteiger partial charge on any atom is -0.492 e. The number of thiophene rings is 1. The Morgan fingerprint density at radius 3 is 2.77 bits per heavy atom. The number of hydrogen-bond acceptors (Lipinski definition) is 5. The molecular weight excluding hydrogens is 483 g/mol. The van der Waals surface area contributed by atoms with Gasteiger partial charge in [-0.15, -0.1) is 11.3 Å². The van der Waals surface area contributed by atoms with Crippen molar-refractivity contribution in [3.63, 3.8) is 0 Å². The van der Waals surface area contributed by atoms with Gasteiger partial charge in [0.1, 0.15) is 11.6 Å². The molecule has 0 bridgehead atoms. The Balaban J connectivity index is 1.17. The van der Waals surface area contributed by atoms with Crippen LogP contribution in [0.3, 0.4) is 0 Å². The van der Waals surface area contributed by atoms with Crippen LogP contribution in [0, 0.1) is 5.82 Å². The van der Waals surface area contributed by atoms with E-state index in [9.17, 15) is 9.18 Å². The lowest BCUT2D eigenvalue weighted by molar-refractivity contribution is -0.120. The molecule has 0 radical (unpaired) electrons. The summed E-state index contributed by atoms with van der Waals surface area (Å²) in [5.74, 6) is 0.637. The molecule has 3 N–H and O–H groups in total. The maximum atomic E-state index is 12.9. The van der Waals surface area contributed by atoms with Crippen molar-refractivity contribution in [3.8, 4) is 5.75 Å². The fraction of sp³-hybridized carbons (Fsp3) is 0.462. The van der Waals surface area contributed by atoms with Crippen molar-refractivity contribution in [1.82, 2.24) is 20.9 Å². The summed E-state index contributed by atoms with van der Waals surface area (Å²) in [5.41, 5.74) is 0.944. The van der Waals surface area contributed by atoms with Crippen molar-refractivity contribution in [2.45, 2.75) is 51.6 Å². The summed E-state index contributed by atoms with van der Waals surface area (Å²) in [7, 11) is 0. The van der Waals surface area contributed by atoms with Crippen molar-refractivity contribution in [2.75, 3.05) is 26.2 Å². The number of amides is 1. The van der Waals surface area contributed by atoms with Crippen LogP contribution in [0.15, 0.2) is 48.0 Å². The lowest BCUT2D eigenvalue weighted by atomic mass is 10.1. The maximum Gasteiger partial charge on any atom is 0.223 e. The number of nitrogens with one attached hydrogen (secondary N) is 3. The second kappa shape index (κ2) is 15.5. The first kappa shape index (κ1) is 27.1. The molecule has 0 spiro atoms. The molecule has 1 aromatic heterocycles. The molecule has 0 atom stereocenters. The monoisotopic (exact) mass is 518 g/mol. The van der Waals surface area contributed by atoms with Crippen LogP contribution in [0.4, 0.5) is 4.39 Å². The second-order valence-corrected chi connectivity index (χ2v) is 9.94. The number of piperidine rings is 1. The minimum atomic E-state index is -0.258. The minimum absolute atomic E-state index is 0.0330. The smallest absolute Gasteiger partial charge is 0.223 e. The predicted octanol–water partition coefficient (Wildman–Crippen LogP) is 4.72. The Bertz CT molecular complexity index is 943. The lowest BCUT2D eigenvalue weighted by Gasteiger charge is -2.25. The molecule has 9 heteroatoms. The molecule has 0 unspecified atom stereocenters. The largest absolute Gasteiger partial charge is 0.492 e. The maximum absolute atomic E-state index is 12.9. The fourth-order valence-corrected chi connectivity index (χ4v) is 4.73. The molecule has 1 fully saturated rings. The Morgan fingerprint density at radius 1 is 1.17 bits per heavy atom. The van der Waals surface area contributed by atoms with Crippen molar-refractivity contribution in [3.05, 3.63) is 64.2 Å². The number of rotatable bonds is 13. The summed E-state index contributed by atoms with van der Waals surface area (Å²) in [6, 6.07) is 8.41. The van der Waals surface area contributed by atoms with Crippen LogP contribution in [0.5, 0.6) is 5.75 Å². The van der Waals surface area contributed by atoms with E-state index in [1.54, 1.807) is 29.7 Å². The highest BCUT2D eigenvalue weighted by atomic mass is 32.1. The number of nitrogens with zero attached hydrogens (tertiary/aromatic N) is 1. The van der Waals surface area contributed by atoms with Gasteiger partial charge < -0.3 is 20.7 Å². The average molecular weight is 519 g/mol. The molecule has 1 saturated heterocycles. The standard InChI is InChI=1S/C26H35FN4O2S2/c27-22-10-8-21(9-11-22)18-30-26(34)29-13-6-7-25(32)28-12-2-5-16-33-23-17-24(35-20-23)19-31-14-3-1-4-15-31/h2,8-12,17,20H,1,3-7,13-16,18-19H2,(H,28,32)(H2,29,30,34)/b12-2-. The first-order valence-corrected chi connectivity index (χ1v) is 13.5. The van der Waals surface area contributed by atoms with E-state index in [0.717, 1.165) is 24.3 Å². The van der Waals surface area contributed by atoms with E-state index < -0.39 is 0 Å². The molecule has 0 saturated carbocycles. The van der Waals surface area contributed by atoms with E-state index in [2.05, 4.69) is 32.3 Å². The average Bonchev–Trinajstić information content (AvgIpc) is 3.31. The van der Waals surface area contributed by atoms with E-state index in [1.165, 1.54) is 49.4 Å². The van der Waals surface area contributed by atoms with E-state index >= 15 is 0 Å². The van der Waals surface area contributed by atoms with Gasteiger partial charge in [0.25, 0.3) is 0 Å². The molecule has 2 aromatic rings. The molecule has 1 aliphatic rings. The zero-order valence-electron chi connectivity index (χ0n) is 20.1. The van der Waals surface area contributed by atoms with Gasteiger partial charge in [0.05, 0.1) is 6.61 Å². The Labute approximate surface area is 216 Å². The van der Waals surface area contributed by atoms with Gasteiger partial charge in [-0.25, -0.2) is 4.39 Å². The fourth-order valence-electron chi connectivity index (χ4n) is 3.71. The molecule has 190 valence electrons. The normalized spacial score (nSPS) is 14.1. The molecular formula is C26H35FN4O2S2. The topological polar surface area (TPSA) is 65.6 Å². The number of ether oxygens (including phenoxy) is 1. The highest BCUT2D eigenvalue weighted by molar-refractivity contribution is 7.80. The van der Waals surface area contributed by atoms with Gasteiger partial charge in [-0.3, -0.25) is 9.69 Å². The van der Waals surface area contributed by atoms with Gasteiger partial charge in [-0.2, -0.15) is 0 Å². The van der Waals surface area contributed by atoms with Gasteiger partial charge in [0.2, 0.25) is 5.91 Å². The summed E-state index contributed by atoms with van der Waals surface area (Å²) in [6.45, 7) is 5.12. The van der Waals surface area contributed by atoms with Crippen LogP contribution in [0.25, 0.3) is 0 Å². The summed E-state index contributed by atoms with van der Waals surface area (Å²) in [5, 5.41) is 11.5. The van der Waals surface area contributed by atoms with Crippen molar-refractivity contribution in [1.29, 1.82) is 0 Å². The van der Waals surface area contributed by atoms with E-state index in [0.29, 0.717) is 37.7 Å². The summed E-state index contributed by atoms with van der Waals surface area (Å²) >= 11 is 6.98. The Kier molecular flexibility index (Phi) is 12.0. The third-order valence-electron chi connectivity index (χ3n) is 5.61. The third kappa shape index (κ3) is 11.2. The molecule has 3 rings (SSSR count). The number of hydrogen-bond donors (Lipinski definition) is 3. The highest BCUT2D eigenvalue weighted by Crippen LogP contribution is 2.24. The van der Waals surface area contributed by atoms with Crippen LogP contribution in [0.1, 0.15) is 49.0 Å². The first-order chi connectivity index (χ1) is 17.1. The molecule has 1 aromatic carbocycles. The van der Waals surface area contributed by atoms with Crippen molar-refractivity contribution >= 4 is 34.6 Å². The summed E-state index contributed by atoms with van der Waals surface area (Å²) in [6.07, 6.45) is 9.36. The summed E-state index contributed by atoms with van der Waals surface area (Å²) < 4.78 is 18.7. The van der Waals surface area contributed by atoms with Crippen molar-refractivity contribution in [2.24, 2.45) is 0 Å². The number of halogens is 1. The van der Waals surface area contributed by atoms with Gasteiger partial charge >= 0.3 is 0 Å². The molecule has 0 aliphatic carbocycles. The lowest BCUT2D eigenvalue weighted by Crippen LogP contribution is -2.35. The Hall–Kier alpha value is -2.49. The first-order valence-electron chi connectivity index (χ1n) is 12.2. The van der Waals surface area contributed by atoms with Gasteiger partial charge in [-0.05, 0) is 74.5 Å². The molecule has 1 amide bonds. The molecule has 6 nitrogen and oxygen atoms in total. The zero-order chi connectivity index (χ0) is 24.7. The number of likely N-dealkylation sites (tertiary alicyclic amines) is 1. The van der Waals surface area contributed by atoms with Crippen LogP contribution in [-0.2, 0) is 17.9 Å². The van der Waals surface area contributed by atoms with Crippen LogP contribution in [0.2, 0.25) is 0 Å². The number of thiocarbonyl (C=S) groups is 1. The van der Waals surface area contributed by atoms with Crippen LogP contribution in [-0.4, -0.2) is 42.2 Å². The molecule has 35 heavy (non-hydrogen) atoms. The number of carbonyl (C=O) groups is 1. The van der Waals surface area contributed by atoms with Gasteiger partial charge in [0.15, 0.2) is 5.11 Å². The molecule has 2 heterocycles. The van der Waals surface area contributed by atoms with E-state index in [-0.39, 0.29) is 11.7 Å². The van der Waals surface area contributed by atoms with Gasteiger partial charge in [-0.1, -0.05) is 24.6 Å². The third-order valence-corrected chi connectivity index (χ3v) is 6.79.